The lowest BCUT2D eigenvalue weighted by Gasteiger charge is -2.00. The van der Waals surface area contributed by atoms with Gasteiger partial charge >= 0.3 is 0 Å². The predicted molar refractivity (Wildman–Crippen MR) is 80.7 cm³/mol. The van der Waals surface area contributed by atoms with Crippen molar-refractivity contribution < 1.29 is 8.42 Å². The summed E-state index contributed by atoms with van der Waals surface area (Å²) >= 11 is 1.51. The molecule has 0 atom stereocenters. The summed E-state index contributed by atoms with van der Waals surface area (Å²) in [5.41, 5.74) is 0.797. The molecule has 0 unspecified atom stereocenters. The standard InChI is InChI=1S/C13H17N3O2S2/c1-14-8-4-7-12-15-16-13(19-12)10-5-3-6-11(9-10)20(2,17)18/h3,5-6,9,14H,4,7-8H2,1-2H3. The lowest BCUT2D eigenvalue weighted by atomic mass is 10.2. The van der Waals surface area contributed by atoms with Crippen molar-refractivity contribution in [3.8, 4) is 10.6 Å². The van der Waals surface area contributed by atoms with E-state index in [9.17, 15) is 8.42 Å². The lowest BCUT2D eigenvalue weighted by molar-refractivity contribution is 0.602. The van der Waals surface area contributed by atoms with Crippen LogP contribution in [-0.2, 0) is 16.3 Å². The van der Waals surface area contributed by atoms with E-state index in [2.05, 4.69) is 15.5 Å². The second-order valence-electron chi connectivity index (χ2n) is 4.51. The van der Waals surface area contributed by atoms with Crippen molar-refractivity contribution >= 4 is 21.2 Å². The number of sulfone groups is 1. The molecule has 2 rings (SSSR count). The first-order valence-electron chi connectivity index (χ1n) is 6.28. The zero-order valence-corrected chi connectivity index (χ0v) is 13.1. The van der Waals surface area contributed by atoms with Crippen molar-refractivity contribution in [3.05, 3.63) is 29.3 Å². The summed E-state index contributed by atoms with van der Waals surface area (Å²) in [4.78, 5) is 0.307. The van der Waals surface area contributed by atoms with Crippen molar-refractivity contribution in [2.45, 2.75) is 17.7 Å². The average molecular weight is 311 g/mol. The van der Waals surface area contributed by atoms with Gasteiger partial charge in [0.15, 0.2) is 9.84 Å². The van der Waals surface area contributed by atoms with Crippen molar-refractivity contribution in [1.82, 2.24) is 15.5 Å². The molecule has 108 valence electrons. The van der Waals surface area contributed by atoms with Crippen LogP contribution in [0.1, 0.15) is 11.4 Å². The van der Waals surface area contributed by atoms with Crippen LogP contribution in [0.25, 0.3) is 10.6 Å². The van der Waals surface area contributed by atoms with Crippen LogP contribution in [0.2, 0.25) is 0 Å². The highest BCUT2D eigenvalue weighted by molar-refractivity contribution is 7.90. The van der Waals surface area contributed by atoms with E-state index in [4.69, 9.17) is 0 Å². The summed E-state index contributed by atoms with van der Waals surface area (Å²) in [6.07, 6.45) is 3.09. The van der Waals surface area contributed by atoms with Gasteiger partial charge in [0.25, 0.3) is 0 Å². The minimum Gasteiger partial charge on any atom is -0.320 e. The molecule has 1 N–H and O–H groups in total. The van der Waals surface area contributed by atoms with Gasteiger partial charge in [-0.05, 0) is 32.1 Å². The summed E-state index contributed by atoms with van der Waals surface area (Å²) in [5, 5.41) is 13.1. The molecule has 0 aliphatic rings. The Labute approximate surface area is 123 Å². The molecule has 2 aromatic rings. The number of benzene rings is 1. The third kappa shape index (κ3) is 3.84. The molecular weight excluding hydrogens is 294 g/mol. The van der Waals surface area contributed by atoms with E-state index in [1.54, 1.807) is 18.2 Å². The van der Waals surface area contributed by atoms with Gasteiger partial charge in [-0.2, -0.15) is 0 Å². The van der Waals surface area contributed by atoms with Gasteiger partial charge in [-0.15, -0.1) is 10.2 Å². The van der Waals surface area contributed by atoms with Gasteiger partial charge in [0.05, 0.1) is 4.90 Å². The molecule has 0 amide bonds. The normalized spacial score (nSPS) is 11.7. The molecule has 0 radical (unpaired) electrons. The molecule has 20 heavy (non-hydrogen) atoms. The molecule has 1 heterocycles. The van der Waals surface area contributed by atoms with E-state index >= 15 is 0 Å². The van der Waals surface area contributed by atoms with Crippen LogP contribution in [-0.4, -0.2) is 38.5 Å². The average Bonchev–Trinajstić information content (AvgIpc) is 2.87. The van der Waals surface area contributed by atoms with Gasteiger partial charge in [-0.3, -0.25) is 0 Å². The van der Waals surface area contributed by atoms with E-state index < -0.39 is 9.84 Å². The first kappa shape index (κ1) is 15.1. The number of nitrogens with zero attached hydrogens (tertiary/aromatic N) is 2. The van der Waals surface area contributed by atoms with Crippen LogP contribution < -0.4 is 5.32 Å². The van der Waals surface area contributed by atoms with E-state index in [-0.39, 0.29) is 0 Å². The predicted octanol–water partition coefficient (Wildman–Crippen LogP) is 1.76. The molecule has 0 spiro atoms. The Morgan fingerprint density at radius 1 is 1.30 bits per heavy atom. The number of hydrogen-bond acceptors (Lipinski definition) is 6. The topological polar surface area (TPSA) is 72.0 Å². The molecule has 0 bridgehead atoms. The number of aromatic nitrogens is 2. The fourth-order valence-electron chi connectivity index (χ4n) is 1.75. The lowest BCUT2D eigenvalue weighted by Crippen LogP contribution is -2.08. The third-order valence-electron chi connectivity index (χ3n) is 2.79. The summed E-state index contributed by atoms with van der Waals surface area (Å²) in [5.74, 6) is 0. The fourth-order valence-corrected chi connectivity index (χ4v) is 3.29. The SMILES string of the molecule is CNCCCc1nnc(-c2cccc(S(C)(=O)=O)c2)s1. The van der Waals surface area contributed by atoms with E-state index in [1.165, 1.54) is 17.6 Å². The number of nitrogens with one attached hydrogen (secondary N) is 1. The molecular formula is C13H17N3O2S2. The summed E-state index contributed by atoms with van der Waals surface area (Å²) in [7, 11) is -1.28. The van der Waals surface area contributed by atoms with Crippen LogP contribution in [0.15, 0.2) is 29.2 Å². The zero-order chi connectivity index (χ0) is 14.6. The zero-order valence-electron chi connectivity index (χ0n) is 11.5. The quantitative estimate of drug-likeness (QED) is 0.823. The van der Waals surface area contributed by atoms with Crippen molar-refractivity contribution in [3.63, 3.8) is 0 Å². The number of hydrogen-bond donors (Lipinski definition) is 1. The van der Waals surface area contributed by atoms with Crippen molar-refractivity contribution in [2.75, 3.05) is 19.8 Å². The molecule has 0 fully saturated rings. The second kappa shape index (κ2) is 6.43. The maximum Gasteiger partial charge on any atom is 0.175 e. The maximum absolute atomic E-state index is 11.6. The van der Waals surface area contributed by atoms with Gasteiger partial charge in [0.1, 0.15) is 10.0 Å². The van der Waals surface area contributed by atoms with E-state index in [0.717, 1.165) is 35.0 Å². The van der Waals surface area contributed by atoms with Gasteiger partial charge in [0.2, 0.25) is 0 Å². The minimum atomic E-state index is -3.20. The molecule has 1 aromatic heterocycles. The van der Waals surface area contributed by atoms with Crippen LogP contribution in [0.4, 0.5) is 0 Å². The molecule has 5 nitrogen and oxygen atoms in total. The second-order valence-corrected chi connectivity index (χ2v) is 7.59. The van der Waals surface area contributed by atoms with Crippen LogP contribution in [0, 0.1) is 0 Å². The number of aryl methyl sites for hydroxylation is 1. The smallest absolute Gasteiger partial charge is 0.175 e. The third-order valence-corrected chi connectivity index (χ3v) is 4.94. The number of rotatable bonds is 6. The Hall–Kier alpha value is -1.31. The van der Waals surface area contributed by atoms with Crippen LogP contribution in [0.3, 0.4) is 0 Å². The Bertz CT molecular complexity index is 680. The molecule has 0 aliphatic carbocycles. The maximum atomic E-state index is 11.6. The first-order chi connectivity index (χ1) is 9.50. The fraction of sp³-hybridized carbons (Fsp3) is 0.385. The Kier molecular flexibility index (Phi) is 4.85. The summed E-state index contributed by atoms with van der Waals surface area (Å²) < 4.78 is 23.1. The Morgan fingerprint density at radius 2 is 2.10 bits per heavy atom. The molecule has 0 saturated heterocycles. The van der Waals surface area contributed by atoms with Gasteiger partial charge in [-0.25, -0.2) is 8.42 Å². The largest absolute Gasteiger partial charge is 0.320 e. The Balaban J connectivity index is 2.20. The highest BCUT2D eigenvalue weighted by atomic mass is 32.2. The van der Waals surface area contributed by atoms with E-state index in [1.807, 2.05) is 13.1 Å². The first-order valence-corrected chi connectivity index (χ1v) is 8.99. The Morgan fingerprint density at radius 3 is 2.80 bits per heavy atom. The molecule has 0 aliphatic heterocycles. The summed E-state index contributed by atoms with van der Waals surface area (Å²) in [6, 6.07) is 6.82. The van der Waals surface area contributed by atoms with E-state index in [0.29, 0.717) is 4.90 Å². The molecule has 7 heteroatoms. The minimum absolute atomic E-state index is 0.307. The highest BCUT2D eigenvalue weighted by Gasteiger charge is 2.11. The van der Waals surface area contributed by atoms with Gasteiger partial charge in [0, 0.05) is 18.2 Å². The molecule has 0 saturated carbocycles. The van der Waals surface area contributed by atoms with Crippen LogP contribution in [0.5, 0.6) is 0 Å². The van der Waals surface area contributed by atoms with Crippen molar-refractivity contribution in [2.24, 2.45) is 0 Å². The van der Waals surface area contributed by atoms with Gasteiger partial charge in [-0.1, -0.05) is 23.5 Å². The van der Waals surface area contributed by atoms with Gasteiger partial charge < -0.3 is 5.32 Å². The summed E-state index contributed by atoms with van der Waals surface area (Å²) in [6.45, 7) is 0.943. The monoisotopic (exact) mass is 311 g/mol. The van der Waals surface area contributed by atoms with Crippen LogP contribution >= 0.6 is 11.3 Å². The van der Waals surface area contributed by atoms with Crippen molar-refractivity contribution in [1.29, 1.82) is 0 Å². The molecule has 1 aromatic carbocycles. The highest BCUT2D eigenvalue weighted by Crippen LogP contribution is 2.26.